The minimum Gasteiger partial charge on any atom is -0.874 e. The van der Waals surface area contributed by atoms with Gasteiger partial charge >= 0.3 is 23.0 Å². The Bertz CT molecular complexity index is 1820. The van der Waals surface area contributed by atoms with Gasteiger partial charge in [-0.3, -0.25) is 4.79 Å². The second-order valence-corrected chi connectivity index (χ2v) is 11.8. The van der Waals surface area contributed by atoms with Gasteiger partial charge in [0.25, 0.3) is 0 Å². The van der Waals surface area contributed by atoms with Crippen LogP contribution in [0.25, 0.3) is 0 Å². The van der Waals surface area contributed by atoms with Gasteiger partial charge in [0.15, 0.2) is 0 Å². The number of methoxy groups -OCH3 is 1. The van der Waals surface area contributed by atoms with E-state index in [2.05, 4.69) is 18.8 Å². The van der Waals surface area contributed by atoms with Crippen molar-refractivity contribution in [1.82, 2.24) is 5.32 Å². The Kier molecular flexibility index (Phi) is 8.51. The molecule has 1 N–H and O–H groups in total. The number of carboxylic acids is 1. The number of fused-ring (bicyclic) bond motifs is 5. The van der Waals surface area contributed by atoms with E-state index in [-0.39, 0.29) is 47.5 Å². The normalized spacial score (nSPS) is 25.1. The van der Waals surface area contributed by atoms with Gasteiger partial charge in [0, 0.05) is 40.3 Å². The number of allylic oxidation sites excluding steroid dienone is 11. The van der Waals surface area contributed by atoms with E-state index in [0.717, 1.165) is 57.2 Å². The average Bonchev–Trinajstić information content (AvgIpc) is 3.72. The van der Waals surface area contributed by atoms with Crippen LogP contribution >= 0.6 is 0 Å². The summed E-state index contributed by atoms with van der Waals surface area (Å²) in [6, 6.07) is 0. The zero-order valence-electron chi connectivity index (χ0n) is 26.1. The van der Waals surface area contributed by atoms with Gasteiger partial charge in [0.2, 0.25) is 0 Å². The van der Waals surface area contributed by atoms with Crippen molar-refractivity contribution in [3.8, 4) is 0 Å². The Morgan fingerprint density at radius 1 is 1.04 bits per heavy atom. The van der Waals surface area contributed by atoms with Crippen LogP contribution in [0.3, 0.4) is 0 Å². The molecule has 8 bridgehead atoms. The number of rotatable bonds is 6. The van der Waals surface area contributed by atoms with Crippen molar-refractivity contribution in [2.45, 2.75) is 53.9 Å². The number of carbonyl (C=O) groups is 2. The second kappa shape index (κ2) is 11.9. The molecule has 5 heterocycles. The molecule has 45 heavy (non-hydrogen) atoms. The van der Waals surface area contributed by atoms with Crippen LogP contribution in [-0.2, 0) is 31.4 Å². The fraction of sp³-hybridized carbons (Fsp3) is 0.343. The predicted octanol–water partition coefficient (Wildman–Crippen LogP) is 3.57. The third-order valence-corrected chi connectivity index (χ3v) is 9.50. The van der Waals surface area contributed by atoms with Gasteiger partial charge in [-0.2, -0.15) is 0 Å². The summed E-state index contributed by atoms with van der Waals surface area (Å²) in [6.45, 7) is 14.0. The third-order valence-electron chi connectivity index (χ3n) is 9.50. The Morgan fingerprint density at radius 2 is 1.73 bits per heavy atom. The van der Waals surface area contributed by atoms with Crippen LogP contribution in [0.15, 0.2) is 119 Å². The minimum absolute atomic E-state index is 0. The number of hydrogen-bond acceptors (Lipinski definition) is 9. The number of nitrogens with zero attached hydrogens (tertiary/aromatic N) is 3. The summed E-state index contributed by atoms with van der Waals surface area (Å²) in [5.41, 5.74) is 10.9. The van der Waals surface area contributed by atoms with E-state index in [9.17, 15) is 19.8 Å². The molecule has 5 aliphatic heterocycles. The van der Waals surface area contributed by atoms with Gasteiger partial charge in [0.1, 0.15) is 0 Å². The minimum atomic E-state index is -1.21. The molecule has 0 saturated carbocycles. The number of carboxylic acid groups (broad SMARTS) is 1. The van der Waals surface area contributed by atoms with Crippen molar-refractivity contribution >= 4 is 29.1 Å². The molecule has 0 aromatic heterocycles. The molecule has 1 fully saturated rings. The van der Waals surface area contributed by atoms with E-state index in [1.54, 1.807) is 6.08 Å². The molecule has 1 aliphatic carbocycles. The van der Waals surface area contributed by atoms with Crippen LogP contribution in [0.5, 0.6) is 0 Å². The summed E-state index contributed by atoms with van der Waals surface area (Å²) in [4.78, 5) is 39.7. The SMILES string of the molecule is C=CC1=C(C)C2=NC1=CC1=NC(=CC3=C(C)C4=C([O-])C(C(=O)OC)C(=C5NC(=C2)C(C)C5CCC(=O)[O-])C4=N3)C(CC)=C1C.[Cu+2]. The number of carbonyl (C=O) groups excluding carboxylic acids is 2. The number of aliphatic imine (C=N–C) groups is 3. The Balaban J connectivity index is 0.00000400. The summed E-state index contributed by atoms with van der Waals surface area (Å²) in [7, 11) is 1.26. The number of hydrogen-bond donors (Lipinski definition) is 1. The molecule has 6 aliphatic rings. The molecule has 3 unspecified atom stereocenters. The Morgan fingerprint density at radius 3 is 2.38 bits per heavy atom. The van der Waals surface area contributed by atoms with Crippen molar-refractivity contribution in [3.05, 3.63) is 104 Å². The van der Waals surface area contributed by atoms with Gasteiger partial charge in [-0.15, -0.1) is 5.76 Å². The van der Waals surface area contributed by atoms with E-state index < -0.39 is 17.9 Å². The monoisotopic (exact) mass is 653 g/mol. The van der Waals surface area contributed by atoms with Gasteiger partial charge < -0.3 is 25.1 Å². The first-order chi connectivity index (χ1) is 21.0. The van der Waals surface area contributed by atoms with E-state index in [4.69, 9.17) is 19.7 Å². The molecule has 1 saturated heterocycles. The van der Waals surface area contributed by atoms with Gasteiger partial charge in [-0.1, -0.05) is 26.5 Å². The summed E-state index contributed by atoms with van der Waals surface area (Å²) in [5.74, 6) is -3.98. The molecule has 0 spiro atoms. The third kappa shape index (κ3) is 4.96. The molecule has 9 nitrogen and oxygen atoms in total. The van der Waals surface area contributed by atoms with E-state index >= 15 is 0 Å². The molecule has 10 heteroatoms. The van der Waals surface area contributed by atoms with Crippen molar-refractivity contribution in [2.75, 3.05) is 7.11 Å². The van der Waals surface area contributed by atoms with E-state index in [1.807, 2.05) is 45.9 Å². The fourth-order valence-electron chi connectivity index (χ4n) is 7.02. The van der Waals surface area contributed by atoms with Crippen molar-refractivity contribution in [2.24, 2.45) is 32.7 Å². The maximum atomic E-state index is 14.0. The van der Waals surface area contributed by atoms with Crippen LogP contribution in [0.2, 0.25) is 0 Å². The first-order valence-corrected chi connectivity index (χ1v) is 14.9. The van der Waals surface area contributed by atoms with Crippen LogP contribution in [-0.4, -0.2) is 36.2 Å². The molecule has 0 aromatic rings. The first-order valence-electron chi connectivity index (χ1n) is 14.9. The maximum absolute atomic E-state index is 14.0. The maximum Gasteiger partial charge on any atom is 2.00 e. The standard InChI is InChI=1S/C35H36N4O5.Cu/c1-8-19-15(3)22-12-24-17(5)21(10-11-28(40)41)32(38-24)30-31(35(43)44-7)34(42)29-18(6)25(39-33(29)30)14-27-20(9-2)16(4)23(37-27)13-26(19)36-22;/h8,12-14,17,21,31,38,42H,1,9-11H2,2-7H3,(H,40,41);/q;+2/p-2. The second-order valence-electron chi connectivity index (χ2n) is 11.8. The van der Waals surface area contributed by atoms with E-state index in [1.165, 1.54) is 7.11 Å². The number of ether oxygens (including phenoxy) is 1. The fourth-order valence-corrected chi connectivity index (χ4v) is 7.02. The molecule has 0 aromatic carbocycles. The number of esters is 1. The zero-order chi connectivity index (χ0) is 31.6. The average molecular weight is 654 g/mol. The van der Waals surface area contributed by atoms with Crippen molar-refractivity contribution in [1.29, 1.82) is 0 Å². The number of nitrogens with one attached hydrogen (secondary N) is 1. The largest absolute Gasteiger partial charge is 2.00 e. The predicted molar refractivity (Wildman–Crippen MR) is 165 cm³/mol. The van der Waals surface area contributed by atoms with E-state index in [0.29, 0.717) is 33.8 Å². The molecule has 1 radical (unpaired) electrons. The first kappa shape index (κ1) is 32.1. The van der Waals surface area contributed by atoms with Gasteiger partial charge in [0.05, 0.1) is 47.3 Å². The van der Waals surface area contributed by atoms with Gasteiger partial charge in [-0.05, 0) is 86.1 Å². The smallest absolute Gasteiger partial charge is 0.874 e. The Hall–Kier alpha value is -4.27. The molecule has 235 valence electrons. The molecule has 3 atom stereocenters. The summed E-state index contributed by atoms with van der Waals surface area (Å²) < 4.78 is 5.12. The number of aliphatic carboxylic acids is 1. The van der Waals surface area contributed by atoms with Crippen LogP contribution in [0.4, 0.5) is 0 Å². The topological polar surface area (TPSA) is 139 Å². The molecule has 6 rings (SSSR count). The van der Waals surface area contributed by atoms with Gasteiger partial charge in [-0.25, -0.2) is 15.0 Å². The molecular formula is C35H34CuN4O5. The Labute approximate surface area is 273 Å². The summed E-state index contributed by atoms with van der Waals surface area (Å²) >= 11 is 0. The quantitative estimate of drug-likeness (QED) is 0.344. The van der Waals surface area contributed by atoms with Crippen molar-refractivity contribution < 1.29 is 41.6 Å². The summed E-state index contributed by atoms with van der Waals surface area (Å²) in [6.07, 6.45) is 8.44. The van der Waals surface area contributed by atoms with Crippen LogP contribution < -0.4 is 15.5 Å². The van der Waals surface area contributed by atoms with Crippen LogP contribution in [0, 0.1) is 17.8 Å². The zero-order valence-corrected chi connectivity index (χ0v) is 27.0. The van der Waals surface area contributed by atoms with Crippen LogP contribution in [0.1, 0.15) is 53.9 Å². The molecule has 0 amide bonds. The van der Waals surface area contributed by atoms with Crippen molar-refractivity contribution in [3.63, 3.8) is 0 Å². The summed E-state index contributed by atoms with van der Waals surface area (Å²) in [5, 5.41) is 29.1. The molecular weight excluding hydrogens is 620 g/mol.